The number of hydrogen-bond donors (Lipinski definition) is 1. The number of imide groups is 1. The third-order valence-electron chi connectivity index (χ3n) is 5.40. The van der Waals surface area contributed by atoms with E-state index in [0.29, 0.717) is 17.7 Å². The molecule has 8 heteroatoms. The van der Waals surface area contributed by atoms with E-state index < -0.39 is 11.8 Å². The molecule has 3 amide bonds. The Bertz CT molecular complexity index is 959. The molecule has 0 aromatic heterocycles. The van der Waals surface area contributed by atoms with Gasteiger partial charge in [-0.1, -0.05) is 12.1 Å². The highest BCUT2D eigenvalue weighted by molar-refractivity contribution is 6.22. The minimum absolute atomic E-state index is 0. The quantitative estimate of drug-likeness (QED) is 0.714. The molecule has 0 radical (unpaired) electrons. The van der Waals surface area contributed by atoms with Crippen LogP contribution in [0.2, 0.25) is 0 Å². The molecule has 158 valence electrons. The van der Waals surface area contributed by atoms with Gasteiger partial charge in [0.15, 0.2) is 0 Å². The van der Waals surface area contributed by atoms with Crippen molar-refractivity contribution in [3.05, 3.63) is 70.5 Å². The first-order valence-electron chi connectivity index (χ1n) is 9.78. The van der Waals surface area contributed by atoms with E-state index in [1.54, 1.807) is 6.07 Å². The zero-order valence-corrected chi connectivity index (χ0v) is 17.2. The fourth-order valence-electron chi connectivity index (χ4n) is 3.78. The first kappa shape index (κ1) is 21.9. The van der Waals surface area contributed by atoms with E-state index in [-0.39, 0.29) is 41.8 Å². The Morgan fingerprint density at radius 1 is 0.967 bits per heavy atom. The van der Waals surface area contributed by atoms with Crippen molar-refractivity contribution in [3.8, 4) is 0 Å². The number of halogens is 2. The first-order chi connectivity index (χ1) is 14.0. The Morgan fingerprint density at radius 2 is 1.63 bits per heavy atom. The number of hydrogen-bond acceptors (Lipinski definition) is 4. The maximum absolute atomic E-state index is 13.1. The van der Waals surface area contributed by atoms with Crippen LogP contribution in [0.4, 0.5) is 4.39 Å². The molecule has 0 spiro atoms. The van der Waals surface area contributed by atoms with Crippen molar-refractivity contribution < 1.29 is 18.8 Å². The third-order valence-corrected chi connectivity index (χ3v) is 5.40. The molecule has 1 N–H and O–H groups in total. The molecule has 2 heterocycles. The molecule has 1 fully saturated rings. The molecule has 0 aliphatic carbocycles. The molecule has 2 aliphatic heterocycles. The van der Waals surface area contributed by atoms with Crippen LogP contribution in [-0.2, 0) is 6.54 Å². The summed E-state index contributed by atoms with van der Waals surface area (Å²) in [5.74, 6) is -1.49. The van der Waals surface area contributed by atoms with Gasteiger partial charge in [-0.15, -0.1) is 12.4 Å². The van der Waals surface area contributed by atoms with Gasteiger partial charge in [-0.05, 0) is 61.8 Å². The summed E-state index contributed by atoms with van der Waals surface area (Å²) in [7, 11) is 0. The van der Waals surface area contributed by atoms with Crippen LogP contribution in [0.3, 0.4) is 0 Å². The molecule has 0 saturated carbocycles. The molecule has 0 atom stereocenters. The standard InChI is InChI=1S/C22H22FN3O3.ClH/c23-17-6-3-15(4-7-17)14-26-21(28)18-8-5-16(13-19(18)22(26)29)20(27)24-9-12-25-10-1-2-11-25;/h3-8,13H,1-2,9-12,14H2,(H,24,27);1H. The highest BCUT2D eigenvalue weighted by atomic mass is 35.5. The van der Waals surface area contributed by atoms with Gasteiger partial charge >= 0.3 is 0 Å². The first-order valence-corrected chi connectivity index (χ1v) is 9.78. The number of benzene rings is 2. The predicted molar refractivity (Wildman–Crippen MR) is 112 cm³/mol. The van der Waals surface area contributed by atoms with Gasteiger partial charge in [-0.25, -0.2) is 4.39 Å². The van der Waals surface area contributed by atoms with Crippen LogP contribution in [0.5, 0.6) is 0 Å². The summed E-state index contributed by atoms with van der Waals surface area (Å²) in [4.78, 5) is 41.2. The highest BCUT2D eigenvalue weighted by Crippen LogP contribution is 2.25. The molecule has 6 nitrogen and oxygen atoms in total. The van der Waals surface area contributed by atoms with Crippen LogP contribution in [0.25, 0.3) is 0 Å². The molecule has 0 unspecified atom stereocenters. The van der Waals surface area contributed by atoms with Crippen molar-refractivity contribution in [1.29, 1.82) is 0 Å². The van der Waals surface area contributed by atoms with Gasteiger partial charge in [-0.2, -0.15) is 0 Å². The Balaban J connectivity index is 0.00000256. The second-order valence-corrected chi connectivity index (χ2v) is 7.39. The summed E-state index contributed by atoms with van der Waals surface area (Å²) in [5, 5.41) is 2.87. The van der Waals surface area contributed by atoms with E-state index >= 15 is 0 Å². The second kappa shape index (κ2) is 9.36. The van der Waals surface area contributed by atoms with Gasteiger partial charge in [-0.3, -0.25) is 19.3 Å². The summed E-state index contributed by atoms with van der Waals surface area (Å²) < 4.78 is 13.1. The lowest BCUT2D eigenvalue weighted by atomic mass is 10.1. The SMILES string of the molecule is Cl.O=C(NCCN1CCCC1)c1ccc2c(c1)C(=O)N(Cc1ccc(F)cc1)C2=O. The van der Waals surface area contributed by atoms with E-state index in [9.17, 15) is 18.8 Å². The zero-order chi connectivity index (χ0) is 20.4. The monoisotopic (exact) mass is 431 g/mol. The molecule has 2 aromatic carbocycles. The lowest BCUT2D eigenvalue weighted by Crippen LogP contribution is -2.33. The Morgan fingerprint density at radius 3 is 2.33 bits per heavy atom. The maximum atomic E-state index is 13.1. The van der Waals surface area contributed by atoms with Crippen LogP contribution in [0.1, 0.15) is 49.5 Å². The Hall–Kier alpha value is -2.77. The van der Waals surface area contributed by atoms with E-state index in [2.05, 4.69) is 10.2 Å². The molecule has 2 aromatic rings. The maximum Gasteiger partial charge on any atom is 0.261 e. The minimum Gasteiger partial charge on any atom is -0.351 e. The van der Waals surface area contributed by atoms with Crippen molar-refractivity contribution in [2.75, 3.05) is 26.2 Å². The lowest BCUT2D eigenvalue weighted by Gasteiger charge is -2.14. The molecular formula is C22H23ClFN3O3. The van der Waals surface area contributed by atoms with Gasteiger partial charge in [0.05, 0.1) is 17.7 Å². The van der Waals surface area contributed by atoms with E-state index in [4.69, 9.17) is 0 Å². The van der Waals surface area contributed by atoms with Crippen LogP contribution < -0.4 is 5.32 Å². The molecule has 4 rings (SSSR count). The topological polar surface area (TPSA) is 69.7 Å². The smallest absolute Gasteiger partial charge is 0.261 e. The predicted octanol–water partition coefficient (Wildman–Crippen LogP) is 2.87. The number of nitrogens with zero attached hydrogens (tertiary/aromatic N) is 2. The van der Waals surface area contributed by atoms with Crippen LogP contribution in [0.15, 0.2) is 42.5 Å². The van der Waals surface area contributed by atoms with E-state index in [1.165, 1.54) is 49.2 Å². The number of nitrogens with one attached hydrogen (secondary N) is 1. The summed E-state index contributed by atoms with van der Waals surface area (Å²) >= 11 is 0. The van der Waals surface area contributed by atoms with Gasteiger partial charge < -0.3 is 10.2 Å². The van der Waals surface area contributed by atoms with Crippen molar-refractivity contribution in [3.63, 3.8) is 0 Å². The van der Waals surface area contributed by atoms with E-state index in [0.717, 1.165) is 24.5 Å². The Labute approximate surface area is 180 Å². The highest BCUT2D eigenvalue weighted by Gasteiger charge is 2.36. The van der Waals surface area contributed by atoms with Crippen molar-refractivity contribution >= 4 is 30.1 Å². The number of carbonyl (C=O) groups is 3. The van der Waals surface area contributed by atoms with Gasteiger partial charge in [0.25, 0.3) is 17.7 Å². The third kappa shape index (κ3) is 4.52. The number of fused-ring (bicyclic) bond motifs is 1. The number of likely N-dealkylation sites (tertiary alicyclic amines) is 1. The molecule has 30 heavy (non-hydrogen) atoms. The zero-order valence-electron chi connectivity index (χ0n) is 16.4. The number of rotatable bonds is 6. The largest absolute Gasteiger partial charge is 0.351 e. The van der Waals surface area contributed by atoms with Crippen LogP contribution in [-0.4, -0.2) is 53.7 Å². The molecule has 0 bridgehead atoms. The summed E-state index contributed by atoms with van der Waals surface area (Å²) in [6.07, 6.45) is 2.40. The molecule has 2 aliphatic rings. The second-order valence-electron chi connectivity index (χ2n) is 7.39. The lowest BCUT2D eigenvalue weighted by molar-refractivity contribution is 0.0642. The average molecular weight is 432 g/mol. The normalized spacial score (nSPS) is 15.8. The summed E-state index contributed by atoms with van der Waals surface area (Å²) in [5.41, 5.74) is 1.52. The van der Waals surface area contributed by atoms with Gasteiger partial charge in [0.2, 0.25) is 0 Å². The van der Waals surface area contributed by atoms with Crippen molar-refractivity contribution in [1.82, 2.24) is 15.1 Å². The molecule has 1 saturated heterocycles. The van der Waals surface area contributed by atoms with Crippen LogP contribution in [0, 0.1) is 5.82 Å². The van der Waals surface area contributed by atoms with Gasteiger partial charge in [0, 0.05) is 18.7 Å². The average Bonchev–Trinajstić information content (AvgIpc) is 3.32. The number of carbonyl (C=O) groups excluding carboxylic acids is 3. The van der Waals surface area contributed by atoms with Gasteiger partial charge in [0.1, 0.15) is 5.82 Å². The van der Waals surface area contributed by atoms with E-state index in [1.807, 2.05) is 0 Å². The van der Waals surface area contributed by atoms with Crippen molar-refractivity contribution in [2.45, 2.75) is 19.4 Å². The van der Waals surface area contributed by atoms with Crippen molar-refractivity contribution in [2.24, 2.45) is 0 Å². The van der Waals surface area contributed by atoms with Crippen LogP contribution >= 0.6 is 12.4 Å². The fraction of sp³-hybridized carbons (Fsp3) is 0.318. The molecular weight excluding hydrogens is 409 g/mol. The summed E-state index contributed by atoms with van der Waals surface area (Å²) in [6.45, 7) is 3.54. The Kier molecular flexibility index (Phi) is 6.84. The summed E-state index contributed by atoms with van der Waals surface area (Å²) in [6, 6.07) is 10.2. The fourth-order valence-corrected chi connectivity index (χ4v) is 3.78. The minimum atomic E-state index is -0.443. The number of amides is 3.